The molecule has 0 spiro atoms. The normalized spacial score (nSPS) is 10.8. The Kier molecular flexibility index (Phi) is 5.28. The Morgan fingerprint density at radius 1 is 1.11 bits per heavy atom. The highest BCUT2D eigenvalue weighted by Crippen LogP contribution is 2.34. The molecule has 0 aliphatic carbocycles. The van der Waals surface area contributed by atoms with E-state index < -0.39 is 0 Å². The van der Waals surface area contributed by atoms with Crippen LogP contribution in [0.25, 0.3) is 32.6 Å². The number of H-pyrrole nitrogens is 1. The molecular formula is C21H24N4O2. The minimum Gasteiger partial charge on any atom is -0.508 e. The Balaban J connectivity index is 0.000000659. The zero-order valence-corrected chi connectivity index (χ0v) is 16.0. The van der Waals surface area contributed by atoms with Gasteiger partial charge in [-0.1, -0.05) is 0 Å². The molecule has 0 unspecified atom stereocenters. The molecule has 0 bridgehead atoms. The molecule has 4 rings (SSSR count). The van der Waals surface area contributed by atoms with E-state index in [0.717, 1.165) is 38.1 Å². The smallest absolute Gasteiger partial charge is 0.270 e. The number of aromatic amines is 1. The third-order valence-electron chi connectivity index (χ3n) is 4.43. The van der Waals surface area contributed by atoms with Gasteiger partial charge >= 0.3 is 0 Å². The van der Waals surface area contributed by atoms with Crippen LogP contribution in [-0.2, 0) is 0 Å². The third-order valence-corrected chi connectivity index (χ3v) is 4.43. The number of nitrogens with one attached hydrogen (secondary N) is 3. The number of phenols is 1. The minimum atomic E-state index is -0.176. The predicted octanol–water partition coefficient (Wildman–Crippen LogP) is 3.47. The number of aromatic nitrogens is 2. The number of carbonyl (C=O) groups excluding carboxylic acids is 1. The number of benzene rings is 2. The molecule has 2 aromatic carbocycles. The van der Waals surface area contributed by atoms with Crippen LogP contribution in [0.5, 0.6) is 5.75 Å². The molecule has 0 fully saturated rings. The monoisotopic (exact) mass is 364 g/mol. The lowest BCUT2D eigenvalue weighted by Gasteiger charge is -2.09. The van der Waals surface area contributed by atoms with Gasteiger partial charge in [-0.05, 0) is 69.2 Å². The second-order valence-corrected chi connectivity index (χ2v) is 6.39. The average Bonchev–Trinajstić information content (AvgIpc) is 3.01. The van der Waals surface area contributed by atoms with Crippen LogP contribution in [0.4, 0.5) is 0 Å². The standard InChI is InChI=1S/C19H17N3O2.C2H7N/c1-3-20-19(24)18-14-9-15-13-8-11(23)4-5-16(13)22-17(15)10(2)12(14)6-7-21-18;1-3-2/h4-9,22-23H,3H2,1-2H3,(H,20,24);3H,1-2H3. The van der Waals surface area contributed by atoms with Crippen molar-refractivity contribution in [2.75, 3.05) is 20.6 Å². The third kappa shape index (κ3) is 3.31. The maximum absolute atomic E-state index is 12.3. The van der Waals surface area contributed by atoms with Crippen molar-refractivity contribution in [1.82, 2.24) is 20.6 Å². The molecule has 2 aromatic heterocycles. The summed E-state index contributed by atoms with van der Waals surface area (Å²) in [6, 6.07) is 9.16. The molecule has 1 amide bonds. The first kappa shape index (κ1) is 18.7. The minimum absolute atomic E-state index is 0.176. The summed E-state index contributed by atoms with van der Waals surface area (Å²) in [6.45, 7) is 4.47. The average molecular weight is 364 g/mol. The second-order valence-electron chi connectivity index (χ2n) is 6.39. The maximum Gasteiger partial charge on any atom is 0.270 e. The Bertz CT molecular complexity index is 1130. The SMILES string of the molecule is CCNC(=O)c1nccc2c(C)c3[nH]c4ccc(O)cc4c3cc12.CNC. The van der Waals surface area contributed by atoms with Crippen molar-refractivity contribution in [3.05, 3.63) is 47.8 Å². The molecular weight excluding hydrogens is 340 g/mol. The first-order valence-corrected chi connectivity index (χ1v) is 8.91. The molecule has 140 valence electrons. The lowest BCUT2D eigenvalue weighted by atomic mass is 10.00. The summed E-state index contributed by atoms with van der Waals surface area (Å²) in [6.07, 6.45) is 1.67. The van der Waals surface area contributed by atoms with Crippen LogP contribution in [0, 0.1) is 6.92 Å². The van der Waals surface area contributed by atoms with Gasteiger partial charge in [0.1, 0.15) is 11.4 Å². The fraction of sp³-hybridized carbons (Fsp3) is 0.238. The number of hydrogen-bond donors (Lipinski definition) is 4. The highest BCUT2D eigenvalue weighted by atomic mass is 16.3. The van der Waals surface area contributed by atoms with Crippen molar-refractivity contribution in [2.24, 2.45) is 0 Å². The van der Waals surface area contributed by atoms with Crippen LogP contribution < -0.4 is 10.6 Å². The van der Waals surface area contributed by atoms with Gasteiger partial charge in [0, 0.05) is 34.4 Å². The maximum atomic E-state index is 12.3. The molecule has 4 N–H and O–H groups in total. The summed E-state index contributed by atoms with van der Waals surface area (Å²) < 4.78 is 0. The number of phenolic OH excluding ortho intramolecular Hbond substituents is 1. The number of aromatic hydroxyl groups is 1. The number of pyridine rings is 1. The summed E-state index contributed by atoms with van der Waals surface area (Å²) in [4.78, 5) is 20.0. The van der Waals surface area contributed by atoms with Crippen LogP contribution in [0.2, 0.25) is 0 Å². The zero-order chi connectivity index (χ0) is 19.6. The van der Waals surface area contributed by atoms with E-state index in [0.29, 0.717) is 12.2 Å². The molecule has 0 radical (unpaired) electrons. The lowest BCUT2D eigenvalue weighted by Crippen LogP contribution is -2.23. The van der Waals surface area contributed by atoms with Gasteiger partial charge < -0.3 is 20.7 Å². The van der Waals surface area contributed by atoms with Gasteiger partial charge in [-0.2, -0.15) is 0 Å². The summed E-state index contributed by atoms with van der Waals surface area (Å²) in [5.74, 6) is 0.0424. The van der Waals surface area contributed by atoms with Crippen molar-refractivity contribution in [2.45, 2.75) is 13.8 Å². The Morgan fingerprint density at radius 2 is 1.85 bits per heavy atom. The molecule has 0 atom stereocenters. The lowest BCUT2D eigenvalue weighted by molar-refractivity contribution is 0.0952. The summed E-state index contributed by atoms with van der Waals surface area (Å²) in [5, 5.41) is 19.1. The molecule has 0 saturated carbocycles. The van der Waals surface area contributed by atoms with Crippen molar-refractivity contribution >= 4 is 38.5 Å². The van der Waals surface area contributed by atoms with Crippen molar-refractivity contribution in [1.29, 1.82) is 0 Å². The van der Waals surface area contributed by atoms with Crippen molar-refractivity contribution in [3.63, 3.8) is 0 Å². The number of rotatable bonds is 2. The van der Waals surface area contributed by atoms with Crippen molar-refractivity contribution in [3.8, 4) is 5.75 Å². The summed E-state index contributed by atoms with van der Waals surface area (Å²) in [5.41, 5.74) is 3.45. The van der Waals surface area contributed by atoms with E-state index in [1.165, 1.54) is 0 Å². The van der Waals surface area contributed by atoms with Gasteiger partial charge in [-0.25, -0.2) is 0 Å². The molecule has 6 nitrogen and oxygen atoms in total. The molecule has 0 saturated heterocycles. The number of amides is 1. The van der Waals surface area contributed by atoms with Crippen LogP contribution in [0.15, 0.2) is 36.5 Å². The molecule has 4 aromatic rings. The summed E-state index contributed by atoms with van der Waals surface area (Å²) >= 11 is 0. The molecule has 2 heterocycles. The fourth-order valence-electron chi connectivity index (χ4n) is 3.30. The number of fused-ring (bicyclic) bond motifs is 4. The van der Waals surface area contributed by atoms with Crippen molar-refractivity contribution < 1.29 is 9.90 Å². The van der Waals surface area contributed by atoms with Gasteiger partial charge in [-0.3, -0.25) is 9.78 Å². The van der Waals surface area contributed by atoms with Gasteiger partial charge in [0.25, 0.3) is 5.91 Å². The van der Waals surface area contributed by atoms with E-state index in [2.05, 4.69) is 20.6 Å². The number of nitrogens with zero attached hydrogens (tertiary/aromatic N) is 1. The molecule has 0 aliphatic heterocycles. The zero-order valence-electron chi connectivity index (χ0n) is 16.0. The highest BCUT2D eigenvalue weighted by molar-refractivity contribution is 6.17. The summed E-state index contributed by atoms with van der Waals surface area (Å²) in [7, 11) is 3.75. The van der Waals surface area contributed by atoms with Gasteiger partial charge in [0.2, 0.25) is 0 Å². The first-order chi connectivity index (χ1) is 13.0. The Hall–Kier alpha value is -3.12. The van der Waals surface area contributed by atoms with Gasteiger partial charge in [0.05, 0.1) is 5.52 Å². The number of carbonyl (C=O) groups is 1. The van der Waals surface area contributed by atoms with Crippen LogP contribution in [-0.4, -0.2) is 41.6 Å². The number of hydrogen-bond acceptors (Lipinski definition) is 4. The van der Waals surface area contributed by atoms with E-state index in [1.807, 2.05) is 46.1 Å². The van der Waals surface area contributed by atoms with E-state index >= 15 is 0 Å². The first-order valence-electron chi connectivity index (χ1n) is 8.91. The van der Waals surface area contributed by atoms with Crippen LogP contribution in [0.3, 0.4) is 0 Å². The predicted molar refractivity (Wildman–Crippen MR) is 110 cm³/mol. The number of aryl methyl sites for hydroxylation is 1. The van der Waals surface area contributed by atoms with Crippen LogP contribution >= 0.6 is 0 Å². The van der Waals surface area contributed by atoms with E-state index in [4.69, 9.17) is 0 Å². The fourth-order valence-corrected chi connectivity index (χ4v) is 3.30. The molecule has 6 heteroatoms. The quantitative estimate of drug-likeness (QED) is 0.438. The van der Waals surface area contributed by atoms with Crippen LogP contribution in [0.1, 0.15) is 23.0 Å². The largest absolute Gasteiger partial charge is 0.508 e. The van der Waals surface area contributed by atoms with Gasteiger partial charge in [-0.15, -0.1) is 0 Å². The molecule has 0 aliphatic rings. The molecule has 27 heavy (non-hydrogen) atoms. The Morgan fingerprint density at radius 3 is 2.56 bits per heavy atom. The highest BCUT2D eigenvalue weighted by Gasteiger charge is 2.16. The van der Waals surface area contributed by atoms with E-state index in [1.54, 1.807) is 18.3 Å². The van der Waals surface area contributed by atoms with Gasteiger partial charge in [0.15, 0.2) is 0 Å². The van der Waals surface area contributed by atoms with E-state index in [-0.39, 0.29) is 11.7 Å². The topological polar surface area (TPSA) is 90.0 Å². The Labute approximate surface area is 157 Å². The second kappa shape index (κ2) is 7.63. The van der Waals surface area contributed by atoms with E-state index in [9.17, 15) is 9.90 Å².